The highest BCUT2D eigenvalue weighted by atomic mass is 16.5. The molecule has 3 aliphatic heterocycles. The topological polar surface area (TPSA) is 493 Å². The first-order valence-electron chi connectivity index (χ1n) is 37.2. The van der Waals surface area contributed by atoms with E-state index in [0.717, 1.165) is 43.9 Å². The Hall–Kier alpha value is -9.26. The summed E-state index contributed by atoms with van der Waals surface area (Å²) in [6, 6.07) is -4.50. The Balaban J connectivity index is 1.77. The first kappa shape index (κ1) is 88.1. The number of carboxylic acids is 2. The smallest absolute Gasteiger partial charge is 0.334 e. The number of rotatable bonds is 37. The van der Waals surface area contributed by atoms with Crippen molar-refractivity contribution in [1.29, 1.82) is 0 Å². The molecule has 0 saturated carbocycles. The lowest BCUT2D eigenvalue weighted by Crippen LogP contribution is -2.62. The molecule has 105 heavy (non-hydrogen) atoms. The van der Waals surface area contributed by atoms with Gasteiger partial charge in [0.05, 0.1) is 6.10 Å². The summed E-state index contributed by atoms with van der Waals surface area (Å²) < 4.78 is 5.84. The van der Waals surface area contributed by atoms with Crippen LogP contribution in [-0.4, -0.2) is 188 Å². The van der Waals surface area contributed by atoms with Crippen molar-refractivity contribution in [2.75, 3.05) is 13.1 Å². The summed E-state index contributed by atoms with van der Waals surface area (Å²) in [6.45, 7) is 9.79. The minimum atomic E-state index is -1.97. The number of aliphatic carboxylic acids is 2. The van der Waals surface area contributed by atoms with Crippen LogP contribution in [0.4, 0.5) is 0 Å². The first-order chi connectivity index (χ1) is 50.0. The number of amides is 11. The highest BCUT2D eigenvalue weighted by molar-refractivity contribution is 6.00. The van der Waals surface area contributed by atoms with Crippen molar-refractivity contribution in [2.45, 2.75) is 281 Å². The number of phenolic OH excluding ortho intramolecular Hbond substituents is 1. The number of unbranched alkanes of at least 4 members (excludes halogenated alkanes) is 12. The Bertz CT molecular complexity index is 3210. The summed E-state index contributed by atoms with van der Waals surface area (Å²) >= 11 is 0. The monoisotopic (exact) mass is 1470 g/mol. The highest BCUT2D eigenvalue weighted by Gasteiger charge is 2.42. The molecule has 12 atom stereocenters. The van der Waals surface area contributed by atoms with Crippen molar-refractivity contribution in [3.05, 3.63) is 59.7 Å². The lowest BCUT2D eigenvalue weighted by Gasteiger charge is -2.32. The maximum Gasteiger partial charge on any atom is 0.334 e. The average Bonchev–Trinajstić information content (AvgIpc) is 1.77. The number of nitrogens with two attached hydrogens (primary N) is 2. The van der Waals surface area contributed by atoms with Gasteiger partial charge in [-0.3, -0.25) is 62.3 Å². The second kappa shape index (κ2) is 46.5. The molecule has 0 aliphatic carbocycles. The van der Waals surface area contributed by atoms with E-state index in [2.05, 4.69) is 54.8 Å². The summed E-state index contributed by atoms with van der Waals surface area (Å²) in [4.78, 5) is 196. The number of carbonyl (C=O) groups is 14. The van der Waals surface area contributed by atoms with E-state index in [4.69, 9.17) is 16.2 Å². The zero-order valence-electron chi connectivity index (χ0n) is 61.6. The van der Waals surface area contributed by atoms with Crippen LogP contribution in [0.3, 0.4) is 0 Å². The summed E-state index contributed by atoms with van der Waals surface area (Å²) in [6.07, 6.45) is 9.07. The van der Waals surface area contributed by atoms with Crippen molar-refractivity contribution in [2.24, 2.45) is 23.3 Å². The predicted molar refractivity (Wildman–Crippen MR) is 386 cm³/mol. The third-order valence-electron chi connectivity index (χ3n) is 18.8. The van der Waals surface area contributed by atoms with Crippen LogP contribution in [0.25, 0.3) is 0 Å². The van der Waals surface area contributed by atoms with Crippen LogP contribution in [0.1, 0.15) is 213 Å². The molecule has 0 unspecified atom stereocenters. The van der Waals surface area contributed by atoms with Crippen molar-refractivity contribution < 1.29 is 92.3 Å². The number of aliphatic hydroxyl groups is 1. The van der Waals surface area contributed by atoms with Gasteiger partial charge < -0.3 is 89.4 Å². The number of carbonyl (C=O) groups excluding carboxylic acids is 12. The second-order valence-corrected chi connectivity index (χ2v) is 27.9. The molecule has 11 amide bonds. The Morgan fingerprint density at radius 3 is 1.68 bits per heavy atom. The minimum Gasteiger partial charge on any atom is -0.508 e. The molecule has 3 aliphatic rings. The lowest BCUT2D eigenvalue weighted by molar-refractivity contribution is -0.144. The molecule has 3 heterocycles. The third kappa shape index (κ3) is 31.5. The summed E-state index contributed by atoms with van der Waals surface area (Å²) in [5.41, 5.74) is 12.1. The van der Waals surface area contributed by atoms with Crippen LogP contribution in [0.2, 0.25) is 0 Å². The number of nitrogens with one attached hydrogen (secondary N) is 9. The second-order valence-electron chi connectivity index (χ2n) is 27.9. The zero-order chi connectivity index (χ0) is 77.7. The molecule has 1 fully saturated rings. The van der Waals surface area contributed by atoms with Crippen LogP contribution >= 0.6 is 0 Å². The van der Waals surface area contributed by atoms with Crippen molar-refractivity contribution in [1.82, 2.24) is 52.8 Å². The SMILES string of the molecule is CCCCCCCCCCCCCCCC(=O)N[C@@H](CCC(=O)O)C(=O)N[C@@H](CCCN)C(=O)N[C@H]1Cc2ccc(cc2)OC(=O)[C@H]([C@@H](C)CC)NC(=O)[C@H](Cc2ccc(O)cc2)NC(=O)[C@H](CCC(N)=O)NC(=O)[C@@H]2CCCN2C(=O)[C@@H](C(C)C)NC(=O)[C@H](CCC(=O)O)NC(=O)[C@H]([C@@H](C)O)NC1=O. The largest absolute Gasteiger partial charge is 0.508 e. The van der Waals surface area contributed by atoms with Crippen molar-refractivity contribution >= 4 is 82.9 Å². The fourth-order valence-electron chi connectivity index (χ4n) is 12.4. The number of aliphatic hydroxyl groups excluding tert-OH is 1. The lowest BCUT2D eigenvalue weighted by atomic mass is 9.97. The van der Waals surface area contributed by atoms with Gasteiger partial charge in [0, 0.05) is 45.1 Å². The number of primary amides is 1. The molecule has 2 aromatic rings. The molecule has 0 aromatic heterocycles. The number of phenols is 1. The van der Waals surface area contributed by atoms with E-state index in [0.29, 0.717) is 18.4 Å². The number of esters is 1. The minimum absolute atomic E-state index is 0.00688. The number of hydrogen-bond acceptors (Lipinski definition) is 18. The van der Waals surface area contributed by atoms with Gasteiger partial charge in [0.1, 0.15) is 71.9 Å². The van der Waals surface area contributed by atoms with Gasteiger partial charge in [-0.2, -0.15) is 0 Å². The third-order valence-corrected chi connectivity index (χ3v) is 18.8. The molecule has 2 aromatic carbocycles. The van der Waals surface area contributed by atoms with Gasteiger partial charge in [0.15, 0.2) is 0 Å². The number of nitrogens with zero attached hydrogens (tertiary/aromatic N) is 1. The number of benzene rings is 2. The summed E-state index contributed by atoms with van der Waals surface area (Å²) in [7, 11) is 0. The number of aromatic hydroxyl groups is 1. The van der Waals surface area contributed by atoms with Gasteiger partial charge >= 0.3 is 17.9 Å². The van der Waals surface area contributed by atoms with Gasteiger partial charge in [-0.05, 0) is 112 Å². The number of fused-ring (bicyclic) bond motifs is 23. The van der Waals surface area contributed by atoms with Crippen molar-refractivity contribution in [3.63, 3.8) is 0 Å². The summed E-state index contributed by atoms with van der Waals surface area (Å²) in [5.74, 6) is -15.5. The molecule has 0 spiro atoms. The predicted octanol–water partition coefficient (Wildman–Crippen LogP) is 2.75. The normalized spacial score (nSPS) is 21.6. The van der Waals surface area contributed by atoms with Crippen LogP contribution in [0.5, 0.6) is 11.5 Å². The van der Waals surface area contributed by atoms with E-state index >= 15 is 0 Å². The van der Waals surface area contributed by atoms with E-state index in [-0.39, 0.29) is 81.5 Å². The molecule has 17 N–H and O–H groups in total. The van der Waals surface area contributed by atoms with Crippen LogP contribution < -0.4 is 64.1 Å². The maximum atomic E-state index is 14.9. The maximum absolute atomic E-state index is 14.9. The molecule has 1 saturated heterocycles. The van der Waals surface area contributed by atoms with Crippen LogP contribution in [0.15, 0.2) is 48.5 Å². The van der Waals surface area contributed by atoms with Gasteiger partial charge in [0.25, 0.3) is 0 Å². The van der Waals surface area contributed by atoms with E-state index in [1.165, 1.54) is 93.5 Å². The quantitative estimate of drug-likeness (QED) is 0.0200. The van der Waals surface area contributed by atoms with Gasteiger partial charge in [-0.1, -0.05) is 142 Å². The molecule has 31 nitrogen and oxygen atoms in total. The molecular formula is C74H114N12O19. The summed E-state index contributed by atoms with van der Waals surface area (Å²) in [5, 5.41) is 64.0. The van der Waals surface area contributed by atoms with E-state index in [9.17, 15) is 87.5 Å². The van der Waals surface area contributed by atoms with Crippen LogP contribution in [0, 0.1) is 11.8 Å². The Morgan fingerprint density at radius 1 is 0.581 bits per heavy atom. The molecule has 2 bridgehead atoms. The fourth-order valence-corrected chi connectivity index (χ4v) is 12.4. The fraction of sp³-hybridized carbons (Fsp3) is 0.649. The molecule has 584 valence electrons. The van der Waals surface area contributed by atoms with E-state index in [1.54, 1.807) is 27.7 Å². The Labute approximate surface area is 614 Å². The Morgan fingerprint density at radius 2 is 1.11 bits per heavy atom. The van der Waals surface area contributed by atoms with Gasteiger partial charge in [-0.25, -0.2) is 4.79 Å². The van der Waals surface area contributed by atoms with Gasteiger partial charge in [-0.15, -0.1) is 0 Å². The van der Waals surface area contributed by atoms with E-state index < -0.39 is 193 Å². The molecule has 0 radical (unpaired) electrons. The molecule has 5 rings (SSSR count). The molecule has 31 heteroatoms. The number of hydrogen-bond donors (Lipinski definition) is 15. The zero-order valence-corrected chi connectivity index (χ0v) is 61.6. The average molecular weight is 1480 g/mol. The number of ether oxygens (including phenoxy) is 1. The van der Waals surface area contributed by atoms with Crippen LogP contribution in [-0.2, 0) is 80.0 Å². The Kier molecular flexibility index (Phi) is 39.1. The number of carboxylic acid groups (broad SMARTS) is 2. The highest BCUT2D eigenvalue weighted by Crippen LogP contribution is 2.24. The standard InChI is InChI=1S/C74H114N12O19/c1-7-9-10-11-12-13-14-15-16-17-18-19-20-25-59(90)77-52(35-38-60(91)92)66(96)78-51(23-21-40-75)65(95)81-56-43-48-28-32-50(33-29-48)105-74(104)63(45(5)8-2)84-69(99)55(42-47-26-30-49(88)31-27-47)82-67(97)53(34-37-58(76)89)79-71(101)57-24-22-41-86(57)73(103)62(44(3)4)83-68(98)54(36-39-61(93)94)80-72(102)64(46(6)87)85-70(56)100/h26-33,44-46,51-57,62-64,87-88H,7-25,34-43,75H2,1-6H3,(H2,76,89)(H,77,90)(H,78,96)(H,79,101)(H,80,102)(H,81,95)(H,82,97)(H,83,98)(H,84,99)(H,85,100)(H,91,92)(H,93,94)/t45-,46+,51-,52-,53-,54-,55-,56-,57-,62+,63-,64-/m0/s1. The first-order valence-corrected chi connectivity index (χ1v) is 37.2. The molecular weight excluding hydrogens is 1360 g/mol. The van der Waals surface area contributed by atoms with Crippen molar-refractivity contribution in [3.8, 4) is 11.5 Å². The van der Waals surface area contributed by atoms with E-state index in [1.807, 2.05) is 0 Å². The van der Waals surface area contributed by atoms with Gasteiger partial charge in [0.2, 0.25) is 65.0 Å².